The first kappa shape index (κ1) is 14.1. The Labute approximate surface area is 116 Å². The fourth-order valence-electron chi connectivity index (χ4n) is 2.78. The van der Waals surface area contributed by atoms with E-state index in [4.69, 9.17) is 0 Å². The second-order valence-electron chi connectivity index (χ2n) is 5.27. The SMILES string of the molecule is CCN(CC)c1cc(NC2CCCCCC2)ncn1. The summed E-state index contributed by atoms with van der Waals surface area (Å²) >= 11 is 0. The zero-order valence-electron chi connectivity index (χ0n) is 12.2. The molecule has 0 saturated heterocycles. The molecule has 0 bridgehead atoms. The van der Waals surface area contributed by atoms with E-state index in [0.29, 0.717) is 6.04 Å². The topological polar surface area (TPSA) is 41.0 Å². The Morgan fingerprint density at radius 2 is 1.79 bits per heavy atom. The molecule has 0 aromatic carbocycles. The van der Waals surface area contributed by atoms with Crippen molar-refractivity contribution in [3.05, 3.63) is 12.4 Å². The maximum atomic E-state index is 4.37. The van der Waals surface area contributed by atoms with Crippen LogP contribution in [-0.4, -0.2) is 29.1 Å². The summed E-state index contributed by atoms with van der Waals surface area (Å²) in [5, 5.41) is 3.59. The number of rotatable bonds is 5. The van der Waals surface area contributed by atoms with Crippen LogP contribution in [0.5, 0.6) is 0 Å². The van der Waals surface area contributed by atoms with Gasteiger partial charge in [-0.15, -0.1) is 0 Å². The van der Waals surface area contributed by atoms with Gasteiger partial charge >= 0.3 is 0 Å². The quantitative estimate of drug-likeness (QED) is 0.825. The predicted molar refractivity (Wildman–Crippen MR) is 80.7 cm³/mol. The maximum absolute atomic E-state index is 4.37. The minimum absolute atomic E-state index is 0.585. The van der Waals surface area contributed by atoms with E-state index in [1.165, 1.54) is 38.5 Å². The highest BCUT2D eigenvalue weighted by atomic mass is 15.2. The summed E-state index contributed by atoms with van der Waals surface area (Å²) in [4.78, 5) is 11.0. The van der Waals surface area contributed by atoms with Crippen LogP contribution >= 0.6 is 0 Å². The molecule has 19 heavy (non-hydrogen) atoms. The highest BCUT2D eigenvalue weighted by Gasteiger charge is 2.13. The van der Waals surface area contributed by atoms with E-state index in [2.05, 4.69) is 40.1 Å². The fourth-order valence-corrected chi connectivity index (χ4v) is 2.78. The summed E-state index contributed by atoms with van der Waals surface area (Å²) in [6.45, 7) is 6.28. The second kappa shape index (κ2) is 7.31. The Balaban J connectivity index is 2.01. The smallest absolute Gasteiger partial charge is 0.134 e. The van der Waals surface area contributed by atoms with Gasteiger partial charge in [0.2, 0.25) is 0 Å². The van der Waals surface area contributed by atoms with Gasteiger partial charge in [-0.05, 0) is 26.7 Å². The average Bonchev–Trinajstić information content (AvgIpc) is 2.69. The standard InChI is InChI=1S/C15H26N4/c1-3-19(4-2)15-11-14(16-12-17-15)18-13-9-7-5-6-8-10-13/h11-13H,3-10H2,1-2H3,(H,16,17,18). The number of hydrogen-bond donors (Lipinski definition) is 1. The maximum Gasteiger partial charge on any atom is 0.134 e. The normalized spacial score (nSPS) is 16.9. The molecule has 0 amide bonds. The predicted octanol–water partition coefficient (Wildman–Crippen LogP) is 3.46. The molecule has 1 N–H and O–H groups in total. The molecule has 0 aliphatic heterocycles. The van der Waals surface area contributed by atoms with Gasteiger partial charge in [-0.25, -0.2) is 9.97 Å². The minimum atomic E-state index is 0.585. The van der Waals surface area contributed by atoms with Gasteiger partial charge in [0.1, 0.15) is 18.0 Å². The van der Waals surface area contributed by atoms with E-state index in [1.807, 2.05) is 0 Å². The van der Waals surface area contributed by atoms with Crippen molar-refractivity contribution < 1.29 is 0 Å². The van der Waals surface area contributed by atoms with Crippen LogP contribution < -0.4 is 10.2 Å². The molecule has 1 saturated carbocycles. The minimum Gasteiger partial charge on any atom is -0.367 e. The van der Waals surface area contributed by atoms with Gasteiger partial charge in [-0.2, -0.15) is 0 Å². The molecule has 1 aliphatic rings. The van der Waals surface area contributed by atoms with Gasteiger partial charge in [-0.3, -0.25) is 0 Å². The molecule has 1 fully saturated rings. The first-order valence-corrected chi connectivity index (χ1v) is 7.67. The van der Waals surface area contributed by atoms with Gasteiger partial charge in [0.05, 0.1) is 0 Å². The lowest BCUT2D eigenvalue weighted by Gasteiger charge is -2.21. The lowest BCUT2D eigenvalue weighted by molar-refractivity contribution is 0.617. The largest absolute Gasteiger partial charge is 0.367 e. The van der Waals surface area contributed by atoms with Gasteiger partial charge < -0.3 is 10.2 Å². The molecular formula is C15H26N4. The Hall–Kier alpha value is -1.32. The van der Waals surface area contributed by atoms with Crippen molar-refractivity contribution in [2.24, 2.45) is 0 Å². The fraction of sp³-hybridized carbons (Fsp3) is 0.733. The molecule has 0 radical (unpaired) electrons. The lowest BCUT2D eigenvalue weighted by Crippen LogP contribution is -2.24. The van der Waals surface area contributed by atoms with Gasteiger partial charge in [-0.1, -0.05) is 25.7 Å². The third kappa shape index (κ3) is 4.08. The van der Waals surface area contributed by atoms with E-state index in [-0.39, 0.29) is 0 Å². The Morgan fingerprint density at radius 3 is 2.42 bits per heavy atom. The second-order valence-corrected chi connectivity index (χ2v) is 5.27. The van der Waals surface area contributed by atoms with Crippen molar-refractivity contribution in [2.75, 3.05) is 23.3 Å². The van der Waals surface area contributed by atoms with E-state index in [1.54, 1.807) is 6.33 Å². The lowest BCUT2D eigenvalue weighted by atomic mass is 10.1. The third-order valence-electron chi connectivity index (χ3n) is 3.95. The van der Waals surface area contributed by atoms with E-state index in [9.17, 15) is 0 Å². The molecule has 1 aromatic rings. The highest BCUT2D eigenvalue weighted by Crippen LogP contribution is 2.21. The molecule has 4 heteroatoms. The van der Waals surface area contributed by atoms with Crippen LogP contribution in [-0.2, 0) is 0 Å². The van der Waals surface area contributed by atoms with Gasteiger partial charge in [0.15, 0.2) is 0 Å². The van der Waals surface area contributed by atoms with Gasteiger partial charge in [0, 0.05) is 25.2 Å². The summed E-state index contributed by atoms with van der Waals surface area (Å²) in [6.07, 6.45) is 9.65. The number of nitrogens with one attached hydrogen (secondary N) is 1. The monoisotopic (exact) mass is 262 g/mol. The van der Waals surface area contributed by atoms with Crippen LogP contribution in [0.15, 0.2) is 12.4 Å². The van der Waals surface area contributed by atoms with Crippen molar-refractivity contribution in [3.8, 4) is 0 Å². The number of hydrogen-bond acceptors (Lipinski definition) is 4. The average molecular weight is 262 g/mol. The molecule has 2 rings (SSSR count). The van der Waals surface area contributed by atoms with E-state index >= 15 is 0 Å². The third-order valence-corrected chi connectivity index (χ3v) is 3.95. The van der Waals surface area contributed by atoms with Crippen LogP contribution in [0, 0.1) is 0 Å². The summed E-state index contributed by atoms with van der Waals surface area (Å²) in [5.74, 6) is 2.00. The summed E-state index contributed by atoms with van der Waals surface area (Å²) in [6, 6.07) is 2.67. The summed E-state index contributed by atoms with van der Waals surface area (Å²) in [5.41, 5.74) is 0. The Kier molecular flexibility index (Phi) is 5.43. The van der Waals surface area contributed by atoms with Crippen molar-refractivity contribution in [1.29, 1.82) is 0 Å². The van der Waals surface area contributed by atoms with Crippen molar-refractivity contribution in [3.63, 3.8) is 0 Å². The molecule has 1 aromatic heterocycles. The Morgan fingerprint density at radius 1 is 1.11 bits per heavy atom. The van der Waals surface area contributed by atoms with Crippen LogP contribution in [0.4, 0.5) is 11.6 Å². The number of anilines is 2. The van der Waals surface area contributed by atoms with Crippen LogP contribution in [0.3, 0.4) is 0 Å². The number of nitrogens with zero attached hydrogens (tertiary/aromatic N) is 3. The van der Waals surface area contributed by atoms with Crippen molar-refractivity contribution >= 4 is 11.6 Å². The zero-order chi connectivity index (χ0) is 13.5. The van der Waals surface area contributed by atoms with E-state index in [0.717, 1.165) is 24.7 Å². The van der Waals surface area contributed by atoms with Crippen LogP contribution in [0.2, 0.25) is 0 Å². The molecule has 1 aliphatic carbocycles. The zero-order valence-corrected chi connectivity index (χ0v) is 12.2. The summed E-state index contributed by atoms with van der Waals surface area (Å²) < 4.78 is 0. The van der Waals surface area contributed by atoms with Crippen LogP contribution in [0.1, 0.15) is 52.4 Å². The molecule has 0 unspecified atom stereocenters. The molecule has 106 valence electrons. The Bertz CT molecular complexity index is 368. The van der Waals surface area contributed by atoms with Crippen molar-refractivity contribution in [2.45, 2.75) is 58.4 Å². The van der Waals surface area contributed by atoms with Gasteiger partial charge in [0.25, 0.3) is 0 Å². The number of aromatic nitrogens is 2. The van der Waals surface area contributed by atoms with E-state index < -0.39 is 0 Å². The van der Waals surface area contributed by atoms with Crippen LogP contribution in [0.25, 0.3) is 0 Å². The molecule has 0 atom stereocenters. The molecule has 0 spiro atoms. The van der Waals surface area contributed by atoms with Crippen molar-refractivity contribution in [1.82, 2.24) is 9.97 Å². The summed E-state index contributed by atoms with van der Waals surface area (Å²) in [7, 11) is 0. The first-order chi connectivity index (χ1) is 9.33. The first-order valence-electron chi connectivity index (χ1n) is 7.67. The molecular weight excluding hydrogens is 236 g/mol. The molecule has 4 nitrogen and oxygen atoms in total. The highest BCUT2D eigenvalue weighted by molar-refractivity contribution is 5.48. The molecule has 1 heterocycles.